The lowest BCUT2D eigenvalue weighted by molar-refractivity contribution is -0.124. The van der Waals surface area contributed by atoms with E-state index in [-0.39, 0.29) is 18.6 Å². The first-order chi connectivity index (χ1) is 10.5. The molecule has 2 aromatic rings. The number of Topliss-reactive ketones (excluding diaryl/α,β-unsaturated/α-hetero) is 2. The fourth-order valence-corrected chi connectivity index (χ4v) is 2.01. The van der Waals surface area contributed by atoms with Crippen molar-refractivity contribution in [3.8, 4) is 0 Å². The Bertz CT molecular complexity index is 681. The smallest absolute Gasteiger partial charge is 0.231 e. The van der Waals surface area contributed by atoms with Crippen molar-refractivity contribution in [3.63, 3.8) is 0 Å². The van der Waals surface area contributed by atoms with E-state index in [4.69, 9.17) is 11.6 Å². The number of carbonyl (C=O) groups is 3. The average molecular weight is 316 g/mol. The number of hydrogen-bond acceptors (Lipinski definition) is 3. The molecule has 1 N–H and O–H groups in total. The third-order valence-electron chi connectivity index (χ3n) is 2.94. The number of benzene rings is 2. The van der Waals surface area contributed by atoms with Crippen molar-refractivity contribution in [1.82, 2.24) is 0 Å². The second-order valence-corrected chi connectivity index (χ2v) is 5.17. The van der Waals surface area contributed by atoms with E-state index in [2.05, 4.69) is 5.32 Å². The van der Waals surface area contributed by atoms with Gasteiger partial charge in [0.05, 0.1) is 12.8 Å². The van der Waals surface area contributed by atoms with Crippen LogP contribution in [0.4, 0.5) is 5.69 Å². The van der Waals surface area contributed by atoms with Gasteiger partial charge >= 0.3 is 0 Å². The molecule has 0 bridgehead atoms. The highest BCUT2D eigenvalue weighted by Gasteiger charge is 2.15. The summed E-state index contributed by atoms with van der Waals surface area (Å²) in [6.45, 7) is 0. The average Bonchev–Trinajstić information content (AvgIpc) is 2.48. The van der Waals surface area contributed by atoms with Gasteiger partial charge in [-0.05, 0) is 36.4 Å². The minimum absolute atomic E-state index is 0.302. The molecule has 0 aliphatic carbocycles. The highest BCUT2D eigenvalue weighted by atomic mass is 35.5. The van der Waals surface area contributed by atoms with E-state index in [0.717, 1.165) is 0 Å². The number of para-hydroxylation sites is 1. The predicted molar refractivity (Wildman–Crippen MR) is 85.1 cm³/mol. The Labute approximate surface area is 133 Å². The van der Waals surface area contributed by atoms with Gasteiger partial charge in [0, 0.05) is 16.3 Å². The number of halogens is 1. The van der Waals surface area contributed by atoms with Crippen molar-refractivity contribution in [3.05, 3.63) is 65.2 Å². The zero-order valence-corrected chi connectivity index (χ0v) is 12.5. The molecule has 0 aliphatic rings. The van der Waals surface area contributed by atoms with Crippen LogP contribution in [0.2, 0.25) is 5.02 Å². The molecule has 0 unspecified atom stereocenters. The number of anilines is 1. The topological polar surface area (TPSA) is 63.2 Å². The van der Waals surface area contributed by atoms with E-state index in [9.17, 15) is 14.4 Å². The maximum Gasteiger partial charge on any atom is 0.231 e. The molecule has 0 aliphatic heterocycles. The van der Waals surface area contributed by atoms with Gasteiger partial charge in [-0.3, -0.25) is 14.4 Å². The molecule has 5 heteroatoms. The maximum atomic E-state index is 11.9. The molecule has 0 saturated heterocycles. The van der Waals surface area contributed by atoms with Crippen molar-refractivity contribution in [2.75, 3.05) is 5.32 Å². The lowest BCUT2D eigenvalue weighted by Gasteiger charge is -2.04. The Hall–Kier alpha value is -2.46. The van der Waals surface area contributed by atoms with E-state index in [1.807, 2.05) is 6.07 Å². The molecule has 4 nitrogen and oxygen atoms in total. The summed E-state index contributed by atoms with van der Waals surface area (Å²) < 4.78 is 0. The van der Waals surface area contributed by atoms with Crippen LogP contribution in [0.5, 0.6) is 0 Å². The number of carbonyl (C=O) groups excluding carboxylic acids is 3. The van der Waals surface area contributed by atoms with Crippen LogP contribution in [0.15, 0.2) is 54.6 Å². The third-order valence-corrected chi connectivity index (χ3v) is 3.19. The summed E-state index contributed by atoms with van der Waals surface area (Å²) in [6.07, 6.45) is -0.627. The molecule has 0 spiro atoms. The second kappa shape index (κ2) is 7.52. The van der Waals surface area contributed by atoms with Crippen LogP contribution in [0.25, 0.3) is 0 Å². The Morgan fingerprint density at radius 2 is 1.50 bits per heavy atom. The van der Waals surface area contributed by atoms with Crippen LogP contribution < -0.4 is 5.32 Å². The summed E-state index contributed by atoms with van der Waals surface area (Å²) in [5, 5.41) is 3.12. The van der Waals surface area contributed by atoms with Crippen LogP contribution in [0.1, 0.15) is 23.2 Å². The molecular weight excluding hydrogens is 302 g/mol. The molecule has 112 valence electrons. The van der Waals surface area contributed by atoms with Gasteiger partial charge < -0.3 is 5.32 Å². The van der Waals surface area contributed by atoms with Crippen LogP contribution in [-0.4, -0.2) is 17.5 Å². The molecule has 2 aromatic carbocycles. The maximum absolute atomic E-state index is 11.9. The predicted octanol–water partition coefficient (Wildman–Crippen LogP) is 3.51. The van der Waals surface area contributed by atoms with Crippen LogP contribution in [-0.2, 0) is 9.59 Å². The molecule has 0 radical (unpaired) electrons. The van der Waals surface area contributed by atoms with Crippen molar-refractivity contribution in [1.29, 1.82) is 0 Å². The molecule has 22 heavy (non-hydrogen) atoms. The molecule has 0 fully saturated rings. The van der Waals surface area contributed by atoms with Crippen LogP contribution in [0.3, 0.4) is 0 Å². The van der Waals surface area contributed by atoms with Gasteiger partial charge in [-0.2, -0.15) is 0 Å². The van der Waals surface area contributed by atoms with Gasteiger partial charge in [0.1, 0.15) is 5.78 Å². The Morgan fingerprint density at radius 3 is 2.14 bits per heavy atom. The van der Waals surface area contributed by atoms with E-state index in [1.165, 1.54) is 0 Å². The van der Waals surface area contributed by atoms with Crippen LogP contribution >= 0.6 is 11.6 Å². The van der Waals surface area contributed by atoms with E-state index in [1.54, 1.807) is 48.5 Å². The van der Waals surface area contributed by atoms with Crippen molar-refractivity contribution in [2.24, 2.45) is 0 Å². The molecule has 1 amide bonds. The quantitative estimate of drug-likeness (QED) is 0.655. The first-order valence-corrected chi connectivity index (χ1v) is 7.08. The normalized spacial score (nSPS) is 10.0. The lowest BCUT2D eigenvalue weighted by Crippen LogP contribution is -2.18. The van der Waals surface area contributed by atoms with Gasteiger partial charge in [0.25, 0.3) is 0 Å². The summed E-state index contributed by atoms with van der Waals surface area (Å²) in [4.78, 5) is 35.4. The second-order valence-electron chi connectivity index (χ2n) is 4.74. The molecular formula is C17H14ClNO3. The van der Waals surface area contributed by atoms with Gasteiger partial charge in [-0.15, -0.1) is 0 Å². The van der Waals surface area contributed by atoms with Crippen LogP contribution in [0, 0.1) is 0 Å². The highest BCUT2D eigenvalue weighted by molar-refractivity contribution is 6.30. The fourth-order valence-electron chi connectivity index (χ4n) is 1.89. The zero-order chi connectivity index (χ0) is 15.9. The minimum atomic E-state index is -0.430. The molecule has 0 saturated carbocycles. The molecule has 2 rings (SSSR count). The largest absolute Gasteiger partial charge is 0.326 e. The number of amides is 1. The van der Waals surface area contributed by atoms with E-state index >= 15 is 0 Å². The fraction of sp³-hybridized carbons (Fsp3) is 0.118. The number of rotatable bonds is 6. The standard InChI is InChI=1S/C17H14ClNO3/c18-13-8-6-12(7-9-13)16(21)10-15(20)11-17(22)19-14-4-2-1-3-5-14/h1-9H,10-11H2,(H,19,22). The van der Waals surface area contributed by atoms with Crippen molar-refractivity contribution >= 4 is 34.8 Å². The summed E-state index contributed by atoms with van der Waals surface area (Å²) >= 11 is 5.74. The Morgan fingerprint density at radius 1 is 0.864 bits per heavy atom. The molecule has 0 atom stereocenters. The summed E-state index contributed by atoms with van der Waals surface area (Å²) in [7, 11) is 0. The summed E-state index contributed by atoms with van der Waals surface area (Å²) in [6, 6.07) is 15.1. The SMILES string of the molecule is O=C(CC(=O)Nc1ccccc1)CC(=O)c1ccc(Cl)cc1. The monoisotopic (exact) mass is 315 g/mol. The third kappa shape index (κ3) is 4.82. The Kier molecular flexibility index (Phi) is 5.44. The first kappa shape index (κ1) is 15.9. The molecule has 0 heterocycles. The lowest BCUT2D eigenvalue weighted by atomic mass is 10.0. The molecule has 0 aromatic heterocycles. The van der Waals surface area contributed by atoms with Gasteiger partial charge in [-0.1, -0.05) is 29.8 Å². The number of ketones is 2. The van der Waals surface area contributed by atoms with E-state index in [0.29, 0.717) is 16.3 Å². The highest BCUT2D eigenvalue weighted by Crippen LogP contribution is 2.12. The zero-order valence-electron chi connectivity index (χ0n) is 11.7. The minimum Gasteiger partial charge on any atom is -0.326 e. The number of hydrogen-bond donors (Lipinski definition) is 1. The summed E-state index contributed by atoms with van der Waals surface area (Å²) in [5.74, 6) is -1.18. The Balaban J connectivity index is 1.86. The first-order valence-electron chi connectivity index (χ1n) is 6.70. The summed E-state index contributed by atoms with van der Waals surface area (Å²) in [5.41, 5.74) is 1.02. The van der Waals surface area contributed by atoms with Crippen molar-refractivity contribution < 1.29 is 14.4 Å². The van der Waals surface area contributed by atoms with Gasteiger partial charge in [0.15, 0.2) is 5.78 Å². The van der Waals surface area contributed by atoms with Crippen molar-refractivity contribution in [2.45, 2.75) is 12.8 Å². The van der Waals surface area contributed by atoms with E-state index < -0.39 is 11.7 Å². The number of nitrogens with one attached hydrogen (secondary N) is 1. The van der Waals surface area contributed by atoms with Gasteiger partial charge in [0.2, 0.25) is 5.91 Å². The van der Waals surface area contributed by atoms with Gasteiger partial charge in [-0.25, -0.2) is 0 Å².